The van der Waals surface area contributed by atoms with Crippen LogP contribution in [0.2, 0.25) is 0 Å². The minimum Gasteiger partial charge on any atom is -0.387 e. The van der Waals surface area contributed by atoms with Crippen LogP contribution in [0.3, 0.4) is 0 Å². The molecule has 0 amide bonds. The lowest BCUT2D eigenvalue weighted by Gasteiger charge is -2.32. The van der Waals surface area contributed by atoms with Gasteiger partial charge in [-0.3, -0.25) is 0 Å². The van der Waals surface area contributed by atoms with Gasteiger partial charge < -0.3 is 15.7 Å². The first-order valence-corrected chi connectivity index (χ1v) is 7.97. The largest absolute Gasteiger partial charge is 0.387 e. The summed E-state index contributed by atoms with van der Waals surface area (Å²) in [7, 11) is 0. The van der Waals surface area contributed by atoms with Gasteiger partial charge in [0, 0.05) is 24.4 Å². The third kappa shape index (κ3) is 4.53. The summed E-state index contributed by atoms with van der Waals surface area (Å²) >= 11 is 1.80. The van der Waals surface area contributed by atoms with Crippen LogP contribution in [0.15, 0.2) is 0 Å². The lowest BCUT2D eigenvalue weighted by Crippen LogP contribution is -2.52. The van der Waals surface area contributed by atoms with Crippen molar-refractivity contribution < 1.29 is 5.11 Å². The van der Waals surface area contributed by atoms with Crippen LogP contribution in [0, 0.1) is 13.8 Å². The van der Waals surface area contributed by atoms with Crippen LogP contribution in [-0.4, -0.2) is 41.9 Å². The Hall–Kier alpha value is -0.490. The van der Waals surface area contributed by atoms with E-state index in [1.807, 2.05) is 0 Å². The Balaban J connectivity index is 1.61. The molecular weight excluding hydrogens is 258 g/mol. The molecule has 1 aliphatic rings. The van der Waals surface area contributed by atoms with E-state index >= 15 is 0 Å². The fourth-order valence-corrected chi connectivity index (χ4v) is 3.41. The zero-order valence-corrected chi connectivity index (χ0v) is 12.8. The Labute approximate surface area is 119 Å². The lowest BCUT2D eigenvalue weighted by atomic mass is 9.94. The second-order valence-corrected chi connectivity index (χ2v) is 6.82. The van der Waals surface area contributed by atoms with Gasteiger partial charge in [0.05, 0.1) is 16.3 Å². The number of aliphatic hydroxyl groups is 1. The number of rotatable bonds is 6. The molecule has 2 rings (SSSR count). The van der Waals surface area contributed by atoms with Crippen molar-refractivity contribution in [3.63, 3.8) is 0 Å². The van der Waals surface area contributed by atoms with Crippen molar-refractivity contribution in [1.82, 2.24) is 15.6 Å². The number of aromatic nitrogens is 1. The highest BCUT2D eigenvalue weighted by atomic mass is 32.1. The molecule has 0 spiro atoms. The Bertz CT molecular complexity index is 380. The Morgan fingerprint density at radius 3 is 2.95 bits per heavy atom. The average Bonchev–Trinajstić information content (AvgIpc) is 2.69. The summed E-state index contributed by atoms with van der Waals surface area (Å²) in [6.07, 6.45) is 4.08. The van der Waals surface area contributed by atoms with Gasteiger partial charge >= 0.3 is 0 Å². The highest BCUT2D eigenvalue weighted by Gasteiger charge is 2.28. The molecule has 0 bridgehead atoms. The van der Waals surface area contributed by atoms with E-state index < -0.39 is 5.60 Å². The van der Waals surface area contributed by atoms with E-state index in [1.165, 1.54) is 9.88 Å². The normalized spacial score (nSPS) is 23.7. The molecule has 1 atom stereocenters. The maximum atomic E-state index is 10.3. The van der Waals surface area contributed by atoms with Gasteiger partial charge in [0.15, 0.2) is 0 Å². The van der Waals surface area contributed by atoms with Crippen molar-refractivity contribution >= 4 is 11.3 Å². The fraction of sp³-hybridized carbons (Fsp3) is 0.786. The van der Waals surface area contributed by atoms with Gasteiger partial charge in [0.1, 0.15) is 0 Å². The topological polar surface area (TPSA) is 57.2 Å². The number of β-amino-alcohol motifs (C(OH)–C–C–N with tert-alkyl or cyclic N) is 1. The van der Waals surface area contributed by atoms with Gasteiger partial charge in [-0.05, 0) is 46.2 Å². The van der Waals surface area contributed by atoms with Crippen LogP contribution in [-0.2, 0) is 6.42 Å². The molecule has 0 saturated carbocycles. The van der Waals surface area contributed by atoms with Crippen LogP contribution in [0.5, 0.6) is 0 Å². The summed E-state index contributed by atoms with van der Waals surface area (Å²) in [5, 5.41) is 18.2. The zero-order chi connectivity index (χ0) is 13.7. The van der Waals surface area contributed by atoms with Crippen LogP contribution in [0.1, 0.15) is 34.8 Å². The maximum Gasteiger partial charge on any atom is 0.0931 e. The molecule has 1 aromatic heterocycles. The summed E-state index contributed by atoms with van der Waals surface area (Å²) in [4.78, 5) is 5.87. The van der Waals surface area contributed by atoms with Crippen LogP contribution >= 0.6 is 11.3 Å². The average molecular weight is 283 g/mol. The molecule has 1 aromatic rings. The molecule has 1 unspecified atom stereocenters. The zero-order valence-electron chi connectivity index (χ0n) is 12.0. The monoisotopic (exact) mass is 283 g/mol. The van der Waals surface area contributed by atoms with Crippen LogP contribution < -0.4 is 10.6 Å². The van der Waals surface area contributed by atoms with Crippen molar-refractivity contribution in [3.8, 4) is 0 Å². The summed E-state index contributed by atoms with van der Waals surface area (Å²) in [5.41, 5.74) is 0.614. The first-order valence-electron chi connectivity index (χ1n) is 7.16. The second kappa shape index (κ2) is 6.79. The fourth-order valence-electron chi connectivity index (χ4n) is 2.43. The van der Waals surface area contributed by atoms with E-state index in [2.05, 4.69) is 29.5 Å². The molecule has 4 nitrogen and oxygen atoms in total. The smallest absolute Gasteiger partial charge is 0.0931 e. The first kappa shape index (κ1) is 14.9. The summed E-state index contributed by atoms with van der Waals surface area (Å²) in [6.45, 7) is 7.57. The van der Waals surface area contributed by atoms with E-state index in [0.29, 0.717) is 13.1 Å². The molecule has 0 aromatic carbocycles. The molecule has 2 heterocycles. The maximum absolute atomic E-state index is 10.3. The molecule has 108 valence electrons. The predicted molar refractivity (Wildman–Crippen MR) is 79.8 cm³/mol. The van der Waals surface area contributed by atoms with Gasteiger partial charge in [-0.2, -0.15) is 0 Å². The Morgan fingerprint density at radius 2 is 2.32 bits per heavy atom. The van der Waals surface area contributed by atoms with E-state index in [4.69, 9.17) is 0 Å². The van der Waals surface area contributed by atoms with Gasteiger partial charge in [0.25, 0.3) is 0 Å². The highest BCUT2D eigenvalue weighted by Crippen LogP contribution is 2.17. The molecule has 5 heteroatoms. The standard InChI is InChI=1S/C14H25N3OS/c1-11-12(2)19-13(17-11)5-3-7-15-9-14(18)6-4-8-16-10-14/h15-16,18H,3-10H2,1-2H3. The molecule has 1 fully saturated rings. The highest BCUT2D eigenvalue weighted by molar-refractivity contribution is 7.11. The van der Waals surface area contributed by atoms with Crippen LogP contribution in [0.25, 0.3) is 0 Å². The number of nitrogens with one attached hydrogen (secondary N) is 2. The minimum absolute atomic E-state index is 0.549. The molecule has 3 N–H and O–H groups in total. The number of nitrogens with zero attached hydrogens (tertiary/aromatic N) is 1. The Morgan fingerprint density at radius 1 is 1.47 bits per heavy atom. The van der Waals surface area contributed by atoms with E-state index in [0.717, 1.165) is 44.5 Å². The summed E-state index contributed by atoms with van der Waals surface area (Å²) < 4.78 is 0. The number of hydrogen-bond donors (Lipinski definition) is 3. The third-order valence-electron chi connectivity index (χ3n) is 3.72. The van der Waals surface area contributed by atoms with E-state index in [9.17, 15) is 5.11 Å². The van der Waals surface area contributed by atoms with Crippen molar-refractivity contribution in [2.75, 3.05) is 26.2 Å². The van der Waals surface area contributed by atoms with Crippen LogP contribution in [0.4, 0.5) is 0 Å². The SMILES string of the molecule is Cc1nc(CCCNCC2(O)CCCNC2)sc1C. The molecular formula is C14H25N3OS. The minimum atomic E-state index is -0.549. The van der Waals surface area contributed by atoms with E-state index in [-0.39, 0.29) is 0 Å². The molecule has 0 aliphatic carbocycles. The first-order chi connectivity index (χ1) is 9.09. The van der Waals surface area contributed by atoms with Gasteiger partial charge in [-0.25, -0.2) is 4.98 Å². The quantitative estimate of drug-likeness (QED) is 0.691. The Kier molecular flexibility index (Phi) is 5.33. The number of aryl methyl sites for hydroxylation is 3. The molecule has 1 aliphatic heterocycles. The number of thiazole rings is 1. The van der Waals surface area contributed by atoms with Crippen molar-refractivity contribution in [2.45, 2.75) is 45.1 Å². The number of piperidine rings is 1. The van der Waals surface area contributed by atoms with Gasteiger partial charge in [-0.15, -0.1) is 11.3 Å². The molecule has 1 saturated heterocycles. The van der Waals surface area contributed by atoms with Gasteiger partial charge in [0.2, 0.25) is 0 Å². The predicted octanol–water partition coefficient (Wildman–Crippen LogP) is 1.40. The van der Waals surface area contributed by atoms with Crippen molar-refractivity contribution in [1.29, 1.82) is 0 Å². The number of hydrogen-bond acceptors (Lipinski definition) is 5. The molecule has 0 radical (unpaired) electrons. The lowest BCUT2D eigenvalue weighted by molar-refractivity contribution is 0.0173. The van der Waals surface area contributed by atoms with E-state index in [1.54, 1.807) is 11.3 Å². The van der Waals surface area contributed by atoms with Gasteiger partial charge in [-0.1, -0.05) is 0 Å². The van der Waals surface area contributed by atoms with Crippen molar-refractivity contribution in [3.05, 3.63) is 15.6 Å². The second-order valence-electron chi connectivity index (χ2n) is 5.53. The van der Waals surface area contributed by atoms with Crippen molar-refractivity contribution in [2.24, 2.45) is 0 Å². The third-order valence-corrected chi connectivity index (χ3v) is 4.85. The molecule has 19 heavy (non-hydrogen) atoms. The summed E-state index contributed by atoms with van der Waals surface area (Å²) in [5.74, 6) is 0. The summed E-state index contributed by atoms with van der Waals surface area (Å²) in [6, 6.07) is 0.